The first-order chi connectivity index (χ1) is 13.5. The minimum absolute atomic E-state index is 0.0370. The van der Waals surface area contributed by atoms with Gasteiger partial charge in [0.25, 0.3) is 5.91 Å². The average molecular weight is 378 g/mol. The molecule has 0 unspecified atom stereocenters. The molecule has 0 radical (unpaired) electrons. The number of rotatable bonds is 7. The summed E-state index contributed by atoms with van der Waals surface area (Å²) in [6, 6.07) is 14.4. The van der Waals surface area contributed by atoms with E-state index in [4.69, 9.17) is 0 Å². The fourth-order valence-corrected chi connectivity index (χ4v) is 2.52. The lowest BCUT2D eigenvalue weighted by atomic mass is 10.1. The van der Waals surface area contributed by atoms with Crippen molar-refractivity contribution >= 4 is 23.3 Å². The number of aromatic nitrogens is 2. The molecule has 7 heteroatoms. The molecule has 6 nitrogen and oxygen atoms in total. The predicted octanol–water partition coefficient (Wildman–Crippen LogP) is 3.73. The van der Waals surface area contributed by atoms with Gasteiger partial charge in [0.2, 0.25) is 5.95 Å². The third kappa shape index (κ3) is 5.20. The lowest BCUT2D eigenvalue weighted by Gasteiger charge is -2.08. The van der Waals surface area contributed by atoms with Crippen LogP contribution in [0.4, 0.5) is 16.0 Å². The van der Waals surface area contributed by atoms with E-state index in [1.807, 2.05) is 0 Å². The number of carbonyl (C=O) groups is 2. The number of hydrogen-bond donors (Lipinski definition) is 2. The third-order valence-electron chi connectivity index (χ3n) is 4.05. The maximum absolute atomic E-state index is 12.9. The maximum atomic E-state index is 12.9. The number of carbonyl (C=O) groups excluding carboxylic acids is 2. The molecule has 1 aromatic heterocycles. The summed E-state index contributed by atoms with van der Waals surface area (Å²) in [5.41, 5.74) is 2.35. The van der Waals surface area contributed by atoms with Gasteiger partial charge in [-0.15, -0.1) is 0 Å². The Morgan fingerprint density at radius 1 is 1.00 bits per heavy atom. The molecular formula is C21H19FN4O2. The van der Waals surface area contributed by atoms with E-state index in [1.54, 1.807) is 36.4 Å². The van der Waals surface area contributed by atoms with Crippen LogP contribution >= 0.6 is 0 Å². The number of nitrogens with zero attached hydrogens (tertiary/aromatic N) is 2. The monoisotopic (exact) mass is 378 g/mol. The van der Waals surface area contributed by atoms with Gasteiger partial charge in [0.05, 0.1) is 0 Å². The Hall–Kier alpha value is -3.61. The maximum Gasteiger partial charge on any atom is 0.274 e. The van der Waals surface area contributed by atoms with Gasteiger partial charge in [0, 0.05) is 24.0 Å². The number of benzene rings is 2. The van der Waals surface area contributed by atoms with Crippen LogP contribution in [-0.2, 0) is 6.42 Å². The van der Waals surface area contributed by atoms with Crippen molar-refractivity contribution < 1.29 is 14.0 Å². The van der Waals surface area contributed by atoms with E-state index < -0.39 is 0 Å². The highest BCUT2D eigenvalue weighted by atomic mass is 19.1. The zero-order valence-corrected chi connectivity index (χ0v) is 15.3. The zero-order chi connectivity index (χ0) is 19.9. The van der Waals surface area contributed by atoms with Gasteiger partial charge in [-0.2, -0.15) is 0 Å². The normalized spacial score (nSPS) is 10.4. The topological polar surface area (TPSA) is 84.0 Å². The van der Waals surface area contributed by atoms with Crippen LogP contribution in [0.25, 0.3) is 0 Å². The van der Waals surface area contributed by atoms with Crippen molar-refractivity contribution in [3.8, 4) is 0 Å². The molecule has 0 saturated heterocycles. The molecule has 0 aliphatic heterocycles. The smallest absolute Gasteiger partial charge is 0.274 e. The lowest BCUT2D eigenvalue weighted by molar-refractivity contribution is 0.101. The summed E-state index contributed by atoms with van der Waals surface area (Å²) in [6.45, 7) is 2.03. The van der Waals surface area contributed by atoms with E-state index in [9.17, 15) is 14.0 Å². The molecule has 0 aliphatic carbocycles. The zero-order valence-electron chi connectivity index (χ0n) is 15.3. The molecule has 2 aromatic carbocycles. The van der Waals surface area contributed by atoms with Crippen molar-refractivity contribution in [3.05, 3.63) is 83.4 Å². The van der Waals surface area contributed by atoms with E-state index in [0.717, 1.165) is 5.56 Å². The van der Waals surface area contributed by atoms with Crippen molar-refractivity contribution in [2.45, 2.75) is 13.3 Å². The molecule has 0 fully saturated rings. The van der Waals surface area contributed by atoms with E-state index in [-0.39, 0.29) is 23.2 Å². The largest absolute Gasteiger partial charge is 0.354 e. The minimum atomic E-state index is -0.375. The summed E-state index contributed by atoms with van der Waals surface area (Å²) in [6.07, 6.45) is 2.17. The number of amides is 1. The molecule has 0 saturated carbocycles. The molecular weight excluding hydrogens is 359 g/mol. The molecule has 2 N–H and O–H groups in total. The van der Waals surface area contributed by atoms with Crippen LogP contribution in [0.3, 0.4) is 0 Å². The fourth-order valence-electron chi connectivity index (χ4n) is 2.52. The Bertz CT molecular complexity index is 972. The van der Waals surface area contributed by atoms with E-state index in [1.165, 1.54) is 31.3 Å². The van der Waals surface area contributed by atoms with Gasteiger partial charge in [-0.25, -0.2) is 14.4 Å². The molecule has 0 bridgehead atoms. The summed E-state index contributed by atoms with van der Waals surface area (Å²) in [5.74, 6) is -0.346. The summed E-state index contributed by atoms with van der Waals surface area (Å²) < 4.78 is 12.9. The lowest BCUT2D eigenvalue weighted by Crippen LogP contribution is -2.16. The van der Waals surface area contributed by atoms with Crippen molar-refractivity contribution in [1.29, 1.82) is 0 Å². The first-order valence-electron chi connectivity index (χ1n) is 8.75. The first-order valence-corrected chi connectivity index (χ1v) is 8.75. The Morgan fingerprint density at radius 2 is 1.71 bits per heavy atom. The highest BCUT2D eigenvalue weighted by Crippen LogP contribution is 2.12. The Balaban J connectivity index is 1.57. The fraction of sp³-hybridized carbons (Fsp3) is 0.143. The van der Waals surface area contributed by atoms with E-state index in [0.29, 0.717) is 30.2 Å². The van der Waals surface area contributed by atoms with Gasteiger partial charge in [-0.1, -0.05) is 12.1 Å². The molecule has 28 heavy (non-hydrogen) atoms. The second-order valence-electron chi connectivity index (χ2n) is 6.16. The second kappa shape index (κ2) is 8.85. The van der Waals surface area contributed by atoms with Crippen LogP contribution in [0.2, 0.25) is 0 Å². The van der Waals surface area contributed by atoms with Gasteiger partial charge < -0.3 is 10.6 Å². The minimum Gasteiger partial charge on any atom is -0.354 e. The number of anilines is 2. The number of hydrogen-bond acceptors (Lipinski definition) is 5. The van der Waals surface area contributed by atoms with Gasteiger partial charge in [-0.3, -0.25) is 9.59 Å². The van der Waals surface area contributed by atoms with Crippen LogP contribution in [-0.4, -0.2) is 28.2 Å². The Labute approximate surface area is 161 Å². The van der Waals surface area contributed by atoms with Crippen LogP contribution < -0.4 is 10.6 Å². The van der Waals surface area contributed by atoms with E-state index in [2.05, 4.69) is 20.6 Å². The highest BCUT2D eigenvalue weighted by Gasteiger charge is 2.10. The van der Waals surface area contributed by atoms with E-state index >= 15 is 0 Å². The summed E-state index contributed by atoms with van der Waals surface area (Å²) >= 11 is 0. The summed E-state index contributed by atoms with van der Waals surface area (Å²) in [4.78, 5) is 32.0. The average Bonchev–Trinajstić information content (AvgIpc) is 2.70. The van der Waals surface area contributed by atoms with Gasteiger partial charge >= 0.3 is 0 Å². The molecule has 3 rings (SSSR count). The standard InChI is InChI=1S/C21H19FN4O2/c1-14(27)16-4-8-18(9-5-16)25-20(28)19-11-13-24-21(26-19)23-12-10-15-2-6-17(22)7-3-15/h2-9,11,13H,10,12H2,1H3,(H,25,28)(H,23,24,26). The second-order valence-corrected chi connectivity index (χ2v) is 6.16. The number of halogens is 1. The van der Waals surface area contributed by atoms with Crippen LogP contribution in [0, 0.1) is 5.82 Å². The van der Waals surface area contributed by atoms with Gasteiger partial charge in [0.15, 0.2) is 5.78 Å². The summed E-state index contributed by atoms with van der Waals surface area (Å²) in [5, 5.41) is 5.79. The molecule has 0 spiro atoms. The Kier molecular flexibility index (Phi) is 6.06. The predicted molar refractivity (Wildman–Crippen MR) is 105 cm³/mol. The van der Waals surface area contributed by atoms with Gasteiger partial charge in [0.1, 0.15) is 11.5 Å². The molecule has 142 valence electrons. The molecule has 1 heterocycles. The van der Waals surface area contributed by atoms with Crippen molar-refractivity contribution in [2.75, 3.05) is 17.2 Å². The molecule has 0 atom stereocenters. The Morgan fingerprint density at radius 3 is 2.39 bits per heavy atom. The van der Waals surface area contributed by atoms with Crippen LogP contribution in [0.1, 0.15) is 33.3 Å². The number of ketones is 1. The SMILES string of the molecule is CC(=O)c1ccc(NC(=O)c2ccnc(NCCc3ccc(F)cc3)n2)cc1. The van der Waals surface area contributed by atoms with Crippen molar-refractivity contribution in [1.82, 2.24) is 9.97 Å². The first kappa shape index (κ1) is 19.2. The molecule has 0 aliphatic rings. The van der Waals surface area contributed by atoms with Crippen LogP contribution in [0.15, 0.2) is 60.8 Å². The highest BCUT2D eigenvalue weighted by molar-refractivity contribution is 6.03. The number of Topliss-reactive ketones (excluding diaryl/α,β-unsaturated/α-hetero) is 1. The quantitative estimate of drug-likeness (QED) is 0.612. The number of nitrogens with one attached hydrogen (secondary N) is 2. The third-order valence-corrected chi connectivity index (χ3v) is 4.05. The van der Waals surface area contributed by atoms with Crippen molar-refractivity contribution in [3.63, 3.8) is 0 Å². The molecule has 1 amide bonds. The summed E-state index contributed by atoms with van der Waals surface area (Å²) in [7, 11) is 0. The van der Waals surface area contributed by atoms with Gasteiger partial charge in [-0.05, 0) is 61.4 Å². The molecule has 3 aromatic rings. The van der Waals surface area contributed by atoms with Crippen molar-refractivity contribution in [2.24, 2.45) is 0 Å². The van der Waals surface area contributed by atoms with Crippen LogP contribution in [0.5, 0.6) is 0 Å².